The van der Waals surface area contributed by atoms with Crippen molar-refractivity contribution in [3.8, 4) is 5.75 Å². The third-order valence-electron chi connectivity index (χ3n) is 2.68. The number of rotatable bonds is 5. The first-order valence-corrected chi connectivity index (χ1v) is 6.65. The van der Waals surface area contributed by atoms with Crippen LogP contribution in [0.1, 0.15) is 15.9 Å². The van der Waals surface area contributed by atoms with Gasteiger partial charge >= 0.3 is 5.97 Å². The molecule has 0 fully saturated rings. The van der Waals surface area contributed by atoms with E-state index in [1.54, 1.807) is 13.3 Å². The van der Waals surface area contributed by atoms with Crippen LogP contribution in [0.2, 0.25) is 0 Å². The van der Waals surface area contributed by atoms with Crippen molar-refractivity contribution in [2.45, 2.75) is 6.54 Å². The minimum Gasteiger partial charge on any atom is -0.497 e. The van der Waals surface area contributed by atoms with Gasteiger partial charge in [-0.3, -0.25) is 0 Å². The van der Waals surface area contributed by atoms with Gasteiger partial charge < -0.3 is 15.2 Å². The molecule has 0 bridgehead atoms. The molecule has 20 heavy (non-hydrogen) atoms. The lowest BCUT2D eigenvalue weighted by Gasteiger charge is -2.09. The van der Waals surface area contributed by atoms with Crippen LogP contribution in [0.4, 0.5) is 5.82 Å². The standard InChI is InChI=1S/C14H13BrN2O3/c1-20-11-4-2-3-9(5-11)7-16-13-12(14(18)19)6-10(15)8-17-13/h2-6,8H,7H2,1H3,(H,16,17)(H,18,19). The molecule has 104 valence electrons. The van der Waals surface area contributed by atoms with Crippen molar-refractivity contribution >= 4 is 27.7 Å². The number of pyridine rings is 1. The van der Waals surface area contributed by atoms with Crippen LogP contribution in [0, 0.1) is 0 Å². The average Bonchev–Trinajstić information content (AvgIpc) is 2.46. The number of carbonyl (C=O) groups is 1. The van der Waals surface area contributed by atoms with Crippen molar-refractivity contribution in [3.63, 3.8) is 0 Å². The van der Waals surface area contributed by atoms with Gasteiger partial charge in [-0.1, -0.05) is 12.1 Å². The minimum atomic E-state index is -1.02. The third-order valence-corrected chi connectivity index (χ3v) is 3.11. The first-order chi connectivity index (χ1) is 9.60. The monoisotopic (exact) mass is 336 g/mol. The fourth-order valence-corrected chi connectivity index (χ4v) is 2.04. The molecule has 0 saturated carbocycles. The number of methoxy groups -OCH3 is 1. The molecule has 5 nitrogen and oxygen atoms in total. The zero-order chi connectivity index (χ0) is 14.5. The highest BCUT2D eigenvalue weighted by Crippen LogP contribution is 2.19. The van der Waals surface area contributed by atoms with Crippen LogP contribution >= 0.6 is 15.9 Å². The molecule has 0 aliphatic heterocycles. The number of nitrogens with zero attached hydrogens (tertiary/aromatic N) is 1. The first kappa shape index (κ1) is 14.3. The summed E-state index contributed by atoms with van der Waals surface area (Å²) < 4.78 is 5.77. The van der Waals surface area contributed by atoms with Crippen molar-refractivity contribution in [1.29, 1.82) is 0 Å². The number of ether oxygens (including phenoxy) is 1. The molecule has 0 aliphatic rings. The normalized spacial score (nSPS) is 10.1. The largest absolute Gasteiger partial charge is 0.497 e. The molecule has 6 heteroatoms. The van der Waals surface area contributed by atoms with Gasteiger partial charge in [-0.05, 0) is 39.7 Å². The fraction of sp³-hybridized carbons (Fsp3) is 0.143. The summed E-state index contributed by atoms with van der Waals surface area (Å²) in [5.41, 5.74) is 1.10. The van der Waals surface area contributed by atoms with Crippen molar-refractivity contribution in [2.75, 3.05) is 12.4 Å². The Kier molecular flexibility index (Phi) is 4.57. The molecule has 0 saturated heterocycles. The highest BCUT2D eigenvalue weighted by molar-refractivity contribution is 9.10. The summed E-state index contributed by atoms with van der Waals surface area (Å²) in [7, 11) is 1.60. The number of hydrogen-bond donors (Lipinski definition) is 2. The Bertz CT molecular complexity index is 632. The second-order valence-corrected chi connectivity index (χ2v) is 4.98. The van der Waals surface area contributed by atoms with Gasteiger partial charge in [-0.25, -0.2) is 9.78 Å². The molecular weight excluding hydrogens is 324 g/mol. The van der Waals surface area contributed by atoms with Crippen molar-refractivity contribution in [3.05, 3.63) is 52.1 Å². The summed E-state index contributed by atoms with van der Waals surface area (Å²) in [5, 5.41) is 12.2. The van der Waals surface area contributed by atoms with Gasteiger partial charge in [0.05, 0.1) is 7.11 Å². The molecule has 0 atom stereocenters. The van der Waals surface area contributed by atoms with E-state index in [0.29, 0.717) is 16.8 Å². The maximum absolute atomic E-state index is 11.2. The van der Waals surface area contributed by atoms with E-state index in [2.05, 4.69) is 26.2 Å². The van der Waals surface area contributed by atoms with E-state index in [4.69, 9.17) is 9.84 Å². The lowest BCUT2D eigenvalue weighted by atomic mass is 10.2. The minimum absolute atomic E-state index is 0.127. The Morgan fingerprint density at radius 3 is 2.95 bits per heavy atom. The quantitative estimate of drug-likeness (QED) is 0.877. The van der Waals surface area contributed by atoms with Gasteiger partial charge in [0.2, 0.25) is 0 Å². The van der Waals surface area contributed by atoms with Crippen molar-refractivity contribution in [2.24, 2.45) is 0 Å². The SMILES string of the molecule is COc1cccc(CNc2ncc(Br)cc2C(=O)O)c1. The van der Waals surface area contributed by atoms with Crippen LogP contribution < -0.4 is 10.1 Å². The average molecular weight is 337 g/mol. The smallest absolute Gasteiger partial charge is 0.339 e. The van der Waals surface area contributed by atoms with E-state index in [9.17, 15) is 4.79 Å². The van der Waals surface area contributed by atoms with Gasteiger partial charge in [0.25, 0.3) is 0 Å². The number of anilines is 1. The van der Waals surface area contributed by atoms with E-state index in [0.717, 1.165) is 11.3 Å². The molecule has 0 amide bonds. The molecule has 2 aromatic rings. The summed E-state index contributed by atoms with van der Waals surface area (Å²) in [4.78, 5) is 15.3. The maximum Gasteiger partial charge on any atom is 0.339 e. The third kappa shape index (κ3) is 3.48. The van der Waals surface area contributed by atoms with Crippen LogP contribution in [0.3, 0.4) is 0 Å². The molecule has 0 aliphatic carbocycles. The summed E-state index contributed by atoms with van der Waals surface area (Å²) in [6.07, 6.45) is 1.56. The zero-order valence-corrected chi connectivity index (χ0v) is 12.3. The molecule has 1 aromatic carbocycles. The zero-order valence-electron chi connectivity index (χ0n) is 10.8. The molecule has 0 unspecified atom stereocenters. The molecule has 2 rings (SSSR count). The van der Waals surface area contributed by atoms with E-state index in [1.807, 2.05) is 24.3 Å². The van der Waals surface area contributed by atoms with E-state index >= 15 is 0 Å². The summed E-state index contributed by atoms with van der Waals surface area (Å²) in [5.74, 6) is 0.0713. The Morgan fingerprint density at radius 2 is 2.25 bits per heavy atom. The maximum atomic E-state index is 11.2. The fourth-order valence-electron chi connectivity index (χ4n) is 1.71. The predicted octanol–water partition coefficient (Wildman–Crippen LogP) is 3.16. The number of aromatic carboxylic acids is 1. The Labute approximate surface area is 124 Å². The Hall–Kier alpha value is -2.08. The first-order valence-electron chi connectivity index (χ1n) is 5.86. The molecular formula is C14H13BrN2O3. The summed E-state index contributed by atoms with van der Waals surface area (Å²) in [6, 6.07) is 9.05. The molecule has 1 heterocycles. The summed E-state index contributed by atoms with van der Waals surface area (Å²) >= 11 is 3.21. The second-order valence-electron chi connectivity index (χ2n) is 4.06. The predicted molar refractivity (Wildman–Crippen MR) is 79.2 cm³/mol. The number of benzene rings is 1. The topological polar surface area (TPSA) is 71.5 Å². The highest BCUT2D eigenvalue weighted by atomic mass is 79.9. The Balaban J connectivity index is 2.16. The lowest BCUT2D eigenvalue weighted by Crippen LogP contribution is -2.08. The highest BCUT2D eigenvalue weighted by Gasteiger charge is 2.11. The molecule has 2 N–H and O–H groups in total. The van der Waals surface area contributed by atoms with Gasteiger partial charge in [0, 0.05) is 17.2 Å². The second kappa shape index (κ2) is 6.38. The van der Waals surface area contributed by atoms with E-state index in [1.165, 1.54) is 6.07 Å². The van der Waals surface area contributed by atoms with Gasteiger partial charge in [0.1, 0.15) is 17.1 Å². The van der Waals surface area contributed by atoms with Crippen LogP contribution in [0.15, 0.2) is 41.0 Å². The molecule has 0 spiro atoms. The lowest BCUT2D eigenvalue weighted by molar-refractivity contribution is 0.0697. The molecule has 1 aromatic heterocycles. The van der Waals surface area contributed by atoms with Crippen molar-refractivity contribution < 1.29 is 14.6 Å². The molecule has 0 radical (unpaired) electrons. The van der Waals surface area contributed by atoms with Gasteiger partial charge in [-0.15, -0.1) is 0 Å². The number of carboxylic acid groups (broad SMARTS) is 1. The van der Waals surface area contributed by atoms with Crippen LogP contribution in [0.5, 0.6) is 5.75 Å². The van der Waals surface area contributed by atoms with Crippen LogP contribution in [-0.4, -0.2) is 23.2 Å². The number of aromatic nitrogens is 1. The van der Waals surface area contributed by atoms with Gasteiger partial charge in [0.15, 0.2) is 0 Å². The van der Waals surface area contributed by atoms with Crippen molar-refractivity contribution in [1.82, 2.24) is 4.98 Å². The van der Waals surface area contributed by atoms with E-state index in [-0.39, 0.29) is 5.56 Å². The number of hydrogen-bond acceptors (Lipinski definition) is 4. The number of halogens is 1. The van der Waals surface area contributed by atoms with Crippen LogP contribution in [0.25, 0.3) is 0 Å². The van der Waals surface area contributed by atoms with E-state index < -0.39 is 5.97 Å². The Morgan fingerprint density at radius 1 is 1.45 bits per heavy atom. The number of carboxylic acids is 1. The van der Waals surface area contributed by atoms with Crippen LogP contribution in [-0.2, 0) is 6.54 Å². The number of nitrogens with one attached hydrogen (secondary N) is 1. The summed E-state index contributed by atoms with van der Waals surface area (Å²) in [6.45, 7) is 0.464. The van der Waals surface area contributed by atoms with Gasteiger partial charge in [-0.2, -0.15) is 0 Å².